The number of hydrogen-bond acceptors (Lipinski definition) is 8. The molecule has 0 aromatic rings. The molecule has 10 N–H and O–H groups in total. The van der Waals surface area contributed by atoms with Crippen LogP contribution in [0.15, 0.2) is 0 Å². The molecule has 0 fully saturated rings. The zero-order chi connectivity index (χ0) is 21.1. The minimum atomic E-state index is -1.66. The van der Waals surface area contributed by atoms with E-state index in [1.807, 2.05) is 21.5 Å². The monoisotopic (exact) mass is 392 g/mol. The molecule has 0 aromatic carbocycles. The maximum Gasteiger partial charge on any atom is 0.328 e. The molecule has 0 aliphatic heterocycles. The van der Waals surface area contributed by atoms with E-state index in [1.165, 1.54) is 7.11 Å². The second-order valence-corrected chi connectivity index (χ2v) is 5.44. The number of carboxylic acids is 1. The average Bonchev–Trinajstić information content (AvgIpc) is 2.55. The predicted octanol–water partition coefficient (Wildman–Crippen LogP) is -4.52. The molecule has 0 radical (unpaired) electrons. The number of amides is 5. The van der Waals surface area contributed by atoms with Crippen LogP contribution in [0.1, 0.15) is 13.3 Å². The van der Waals surface area contributed by atoms with Gasteiger partial charge in [-0.3, -0.25) is 25.2 Å². The summed E-state index contributed by atoms with van der Waals surface area (Å²) in [6, 6.07) is -5.44. The van der Waals surface area contributed by atoms with E-state index in [9.17, 15) is 29.1 Å². The molecule has 0 aromatic heterocycles. The zero-order valence-electron chi connectivity index (χ0n) is 14.7. The van der Waals surface area contributed by atoms with Crippen LogP contribution < -0.4 is 33.0 Å². The molecule has 5 amide bonds. The first kappa shape index (κ1) is 24.0. The summed E-state index contributed by atoms with van der Waals surface area (Å²) in [7, 11) is 1.31. The highest BCUT2D eigenvalue weighted by atomic mass is 16.5. The summed E-state index contributed by atoms with van der Waals surface area (Å²) in [4.78, 5) is 57.5. The molecular weight excluding hydrogens is 368 g/mol. The number of aliphatic carboxylic acids is 1. The fourth-order valence-electron chi connectivity index (χ4n) is 1.70. The van der Waals surface area contributed by atoms with Crippen molar-refractivity contribution in [1.29, 1.82) is 0 Å². The van der Waals surface area contributed by atoms with Gasteiger partial charge in [0, 0.05) is 7.11 Å². The lowest BCUT2D eigenvalue weighted by Gasteiger charge is -2.21. The van der Waals surface area contributed by atoms with E-state index in [0.29, 0.717) is 0 Å². The van der Waals surface area contributed by atoms with Crippen LogP contribution in [0.5, 0.6) is 0 Å². The molecular formula is C13H24N6O8. The van der Waals surface area contributed by atoms with Crippen LogP contribution in [0.25, 0.3) is 0 Å². The zero-order valence-corrected chi connectivity index (χ0v) is 14.7. The largest absolute Gasteiger partial charge is 0.480 e. The number of aliphatic hydroxyl groups is 1. The van der Waals surface area contributed by atoms with E-state index in [-0.39, 0.29) is 6.61 Å². The van der Waals surface area contributed by atoms with Gasteiger partial charge in [-0.25, -0.2) is 9.59 Å². The van der Waals surface area contributed by atoms with Crippen LogP contribution >= 0.6 is 0 Å². The number of hydrazine groups is 1. The number of carbonyl (C=O) groups excluding carboxylic acids is 4. The summed E-state index contributed by atoms with van der Waals surface area (Å²) in [5.41, 5.74) is 14.4. The Kier molecular flexibility index (Phi) is 10.3. The number of rotatable bonds is 10. The van der Waals surface area contributed by atoms with Gasteiger partial charge in [-0.1, -0.05) is 0 Å². The Balaban J connectivity index is 4.88. The predicted molar refractivity (Wildman–Crippen MR) is 88.5 cm³/mol. The van der Waals surface area contributed by atoms with Crippen molar-refractivity contribution in [2.24, 2.45) is 11.5 Å². The van der Waals surface area contributed by atoms with Gasteiger partial charge in [0.1, 0.15) is 12.1 Å². The molecule has 27 heavy (non-hydrogen) atoms. The fourth-order valence-corrected chi connectivity index (χ4v) is 1.70. The molecule has 0 bridgehead atoms. The van der Waals surface area contributed by atoms with Crippen molar-refractivity contribution in [1.82, 2.24) is 21.5 Å². The normalized spacial score (nSPS) is 14.8. The number of methoxy groups -OCH3 is 1. The molecule has 0 rings (SSSR count). The van der Waals surface area contributed by atoms with Crippen molar-refractivity contribution in [2.45, 2.75) is 37.6 Å². The number of urea groups is 1. The van der Waals surface area contributed by atoms with E-state index in [1.54, 1.807) is 0 Å². The molecule has 14 nitrogen and oxygen atoms in total. The highest BCUT2D eigenvalue weighted by molar-refractivity contribution is 5.93. The van der Waals surface area contributed by atoms with Crippen molar-refractivity contribution in [3.63, 3.8) is 0 Å². The quantitative estimate of drug-likeness (QED) is 0.167. The molecule has 14 heteroatoms. The van der Waals surface area contributed by atoms with Gasteiger partial charge in [-0.05, 0) is 6.92 Å². The number of carbonyl (C=O) groups is 5. The molecule has 4 atom stereocenters. The molecule has 0 spiro atoms. The molecule has 1 unspecified atom stereocenters. The van der Waals surface area contributed by atoms with Gasteiger partial charge in [0.05, 0.1) is 19.1 Å². The summed E-state index contributed by atoms with van der Waals surface area (Å²) in [5.74, 6) is -4.29. The Morgan fingerprint density at radius 3 is 2.07 bits per heavy atom. The van der Waals surface area contributed by atoms with Crippen LogP contribution in [0.4, 0.5) is 4.79 Å². The van der Waals surface area contributed by atoms with Crippen LogP contribution in [0.2, 0.25) is 0 Å². The lowest BCUT2D eigenvalue weighted by atomic mass is 10.1. The molecule has 0 aliphatic carbocycles. The van der Waals surface area contributed by atoms with Gasteiger partial charge in [-0.2, -0.15) is 0 Å². The molecule has 0 saturated heterocycles. The Hall–Kier alpha value is -2.97. The van der Waals surface area contributed by atoms with Gasteiger partial charge in [0.15, 0.2) is 6.04 Å². The van der Waals surface area contributed by atoms with E-state index in [0.717, 1.165) is 6.92 Å². The van der Waals surface area contributed by atoms with Crippen molar-refractivity contribution in [2.75, 3.05) is 13.7 Å². The summed E-state index contributed by atoms with van der Waals surface area (Å²) >= 11 is 0. The first-order valence-corrected chi connectivity index (χ1v) is 7.60. The third-order valence-electron chi connectivity index (χ3n) is 3.05. The highest BCUT2D eigenvalue weighted by Gasteiger charge is 2.28. The lowest BCUT2D eigenvalue weighted by molar-refractivity contribution is -0.141. The number of primary amides is 1. The third kappa shape index (κ3) is 9.34. The summed E-state index contributed by atoms with van der Waals surface area (Å²) in [5, 5.41) is 22.2. The average molecular weight is 392 g/mol. The highest BCUT2D eigenvalue weighted by Crippen LogP contribution is 1.96. The number of aliphatic hydroxyl groups excluding tert-OH is 1. The second kappa shape index (κ2) is 11.6. The Bertz CT molecular complexity index is 569. The number of nitrogens with one attached hydrogen (secondary N) is 4. The summed E-state index contributed by atoms with van der Waals surface area (Å²) in [6.45, 7) is 1.01. The standard InChI is InChI=1S/C13H24N6O8/c1-5(20)9(12(24)25)17-13(26)16-7(3-8(15)21)11(23)19-18-10(22)6(14)4-27-2/h5-7,9,20H,3-4,14H2,1-2H3,(H2,15,21)(H,18,22)(H,19,23)(H,24,25)(H2,16,17,26)/t5?,6-,7-,9-/m0/s1. The van der Waals surface area contributed by atoms with Crippen molar-refractivity contribution >= 4 is 29.7 Å². The van der Waals surface area contributed by atoms with Gasteiger partial charge in [0.2, 0.25) is 5.91 Å². The van der Waals surface area contributed by atoms with Crippen LogP contribution in [-0.2, 0) is 23.9 Å². The minimum absolute atomic E-state index is 0.122. The minimum Gasteiger partial charge on any atom is -0.480 e. The van der Waals surface area contributed by atoms with E-state index in [4.69, 9.17) is 16.6 Å². The fraction of sp³-hybridized carbons (Fsp3) is 0.615. The van der Waals surface area contributed by atoms with Gasteiger partial charge >= 0.3 is 12.0 Å². The number of hydrogen-bond donors (Lipinski definition) is 8. The van der Waals surface area contributed by atoms with Gasteiger partial charge in [-0.15, -0.1) is 0 Å². The maximum atomic E-state index is 12.0. The molecule has 0 aliphatic rings. The second-order valence-electron chi connectivity index (χ2n) is 5.44. The SMILES string of the molecule is COC[C@H](N)C(=O)NNC(=O)[C@H](CC(N)=O)NC(=O)N[C@H](C(=O)O)C(C)O. The number of carboxylic acid groups (broad SMARTS) is 1. The number of ether oxygens (including phenoxy) is 1. The summed E-state index contributed by atoms with van der Waals surface area (Å²) < 4.78 is 4.67. The molecule has 0 saturated carbocycles. The Labute approximate surface area is 153 Å². The van der Waals surface area contributed by atoms with Crippen LogP contribution in [0, 0.1) is 0 Å². The van der Waals surface area contributed by atoms with E-state index < -0.39 is 60.4 Å². The van der Waals surface area contributed by atoms with E-state index in [2.05, 4.69) is 4.74 Å². The Morgan fingerprint density at radius 2 is 1.63 bits per heavy atom. The Morgan fingerprint density at radius 1 is 1.07 bits per heavy atom. The van der Waals surface area contributed by atoms with Gasteiger partial charge in [0.25, 0.3) is 11.8 Å². The molecule has 154 valence electrons. The van der Waals surface area contributed by atoms with Gasteiger partial charge < -0.3 is 37.1 Å². The van der Waals surface area contributed by atoms with Crippen molar-refractivity contribution in [3.05, 3.63) is 0 Å². The van der Waals surface area contributed by atoms with E-state index >= 15 is 0 Å². The van der Waals surface area contributed by atoms with Crippen LogP contribution in [-0.4, -0.2) is 77.9 Å². The topological polar surface area (TPSA) is 235 Å². The first-order chi connectivity index (χ1) is 12.5. The first-order valence-electron chi connectivity index (χ1n) is 7.60. The smallest absolute Gasteiger partial charge is 0.328 e. The third-order valence-corrected chi connectivity index (χ3v) is 3.05. The van der Waals surface area contributed by atoms with Crippen LogP contribution in [0.3, 0.4) is 0 Å². The lowest BCUT2D eigenvalue weighted by Crippen LogP contribution is -2.59. The number of nitrogens with two attached hydrogens (primary N) is 2. The van der Waals surface area contributed by atoms with Crippen molar-refractivity contribution < 1.29 is 38.9 Å². The summed E-state index contributed by atoms with van der Waals surface area (Å²) in [6.07, 6.45) is -2.08. The molecule has 0 heterocycles. The van der Waals surface area contributed by atoms with Crippen molar-refractivity contribution in [3.8, 4) is 0 Å². The maximum absolute atomic E-state index is 12.0.